The summed E-state index contributed by atoms with van der Waals surface area (Å²) in [5, 5.41) is 2.04. The number of terminal acetylenes is 1. The number of thiazole rings is 1. The summed E-state index contributed by atoms with van der Waals surface area (Å²) >= 11 is 1.40. The van der Waals surface area contributed by atoms with Gasteiger partial charge >= 0.3 is 0 Å². The van der Waals surface area contributed by atoms with Gasteiger partial charge in [0, 0.05) is 16.7 Å². The molecule has 0 saturated carbocycles. The maximum Gasteiger partial charge on any atom is 0.271 e. The second-order valence-corrected chi connectivity index (χ2v) is 11.1. The van der Waals surface area contributed by atoms with Crippen LogP contribution in [0, 0.1) is 12.3 Å². The van der Waals surface area contributed by atoms with Crippen LogP contribution in [0.4, 0.5) is 0 Å². The van der Waals surface area contributed by atoms with E-state index in [9.17, 15) is 4.79 Å². The van der Waals surface area contributed by atoms with Crippen LogP contribution in [0.25, 0.3) is 22.5 Å². The van der Waals surface area contributed by atoms with E-state index in [1.807, 2.05) is 71.3 Å². The average Bonchev–Trinajstić information content (AvgIpc) is 3.33. The monoisotopic (exact) mass is 554 g/mol. The fourth-order valence-electron chi connectivity index (χ4n) is 5.99. The van der Waals surface area contributed by atoms with E-state index in [1.54, 1.807) is 7.11 Å². The molecule has 4 aromatic carbocycles. The molecule has 6 heteroatoms. The van der Waals surface area contributed by atoms with Crippen molar-refractivity contribution in [1.29, 1.82) is 0 Å². The molecule has 0 fully saturated rings. The molecule has 1 aliphatic carbocycles. The van der Waals surface area contributed by atoms with Gasteiger partial charge in [-0.1, -0.05) is 90.1 Å². The highest BCUT2D eigenvalue weighted by atomic mass is 32.1. The van der Waals surface area contributed by atoms with E-state index in [1.165, 1.54) is 16.9 Å². The smallest absolute Gasteiger partial charge is 0.271 e. The highest BCUT2D eigenvalue weighted by molar-refractivity contribution is 7.07. The molecule has 2 heterocycles. The van der Waals surface area contributed by atoms with Gasteiger partial charge in [0.25, 0.3) is 5.56 Å². The van der Waals surface area contributed by atoms with Crippen LogP contribution in [-0.4, -0.2) is 18.3 Å². The number of fused-ring (bicyclic) bond motifs is 4. The van der Waals surface area contributed by atoms with E-state index in [4.69, 9.17) is 20.9 Å². The second-order valence-electron chi connectivity index (χ2n) is 10.0. The lowest BCUT2D eigenvalue weighted by Gasteiger charge is -2.31. The Morgan fingerprint density at radius 3 is 2.68 bits per heavy atom. The number of para-hydroxylation sites is 1. The molecular formula is C35H26N2O3S. The standard InChI is InChI=1S/C35H26N2O3S/c1-3-20-40-30-19-17-22-10-4-6-12-24(22)28(30)21-31-34(38)37-33(26-14-8-9-15-29(26)39-2)27-18-16-23-11-5-7-13-25(23)32(27)36-35(37)41-31/h1,4-15,17,19,21,33H,16,18,20H2,2H3. The van der Waals surface area contributed by atoms with Crippen LogP contribution >= 0.6 is 11.3 Å². The van der Waals surface area contributed by atoms with E-state index in [-0.39, 0.29) is 18.2 Å². The highest BCUT2D eigenvalue weighted by Crippen LogP contribution is 2.43. The largest absolute Gasteiger partial charge is 0.496 e. The maximum absolute atomic E-state index is 14.3. The van der Waals surface area contributed by atoms with Crippen LogP contribution in [0.5, 0.6) is 11.5 Å². The molecule has 5 aromatic rings. The lowest BCUT2D eigenvalue weighted by molar-refractivity contribution is 0.370. The SMILES string of the molecule is C#CCOc1ccc2ccccc2c1C=c1sc2n(c1=O)C(c1ccccc1OC)C1=C(N=2)c2ccccc2CC1. The van der Waals surface area contributed by atoms with Gasteiger partial charge in [-0.25, -0.2) is 4.99 Å². The van der Waals surface area contributed by atoms with Gasteiger partial charge in [0.2, 0.25) is 0 Å². The normalized spacial score (nSPS) is 15.9. The fraction of sp³-hybridized carbons (Fsp3) is 0.143. The molecule has 1 atom stereocenters. The molecular weight excluding hydrogens is 528 g/mol. The van der Waals surface area contributed by atoms with Crippen molar-refractivity contribution < 1.29 is 9.47 Å². The van der Waals surface area contributed by atoms with Crippen molar-refractivity contribution in [2.75, 3.05) is 13.7 Å². The molecule has 0 saturated heterocycles. The van der Waals surface area contributed by atoms with Crippen LogP contribution in [0.1, 0.15) is 34.7 Å². The number of ether oxygens (including phenoxy) is 2. The summed E-state index contributed by atoms with van der Waals surface area (Å²) in [7, 11) is 1.67. The van der Waals surface area contributed by atoms with Gasteiger partial charge in [0.15, 0.2) is 4.80 Å². The lowest BCUT2D eigenvalue weighted by Crippen LogP contribution is -2.39. The predicted molar refractivity (Wildman–Crippen MR) is 164 cm³/mol. The zero-order valence-electron chi connectivity index (χ0n) is 22.5. The molecule has 0 spiro atoms. The number of aryl methyl sites for hydroxylation is 1. The van der Waals surface area contributed by atoms with Crippen molar-refractivity contribution >= 4 is 33.9 Å². The summed E-state index contributed by atoms with van der Waals surface area (Å²) in [5.41, 5.74) is 6.18. The molecule has 1 unspecified atom stereocenters. The Morgan fingerprint density at radius 1 is 1.00 bits per heavy atom. The first-order valence-corrected chi connectivity index (χ1v) is 14.3. The summed E-state index contributed by atoms with van der Waals surface area (Å²) in [6, 6.07) is 28.0. The van der Waals surface area contributed by atoms with Gasteiger partial charge in [-0.2, -0.15) is 0 Å². The molecule has 41 heavy (non-hydrogen) atoms. The molecule has 0 N–H and O–H groups in total. The summed E-state index contributed by atoms with van der Waals surface area (Å²) in [6.07, 6.45) is 9.14. The van der Waals surface area contributed by atoms with Gasteiger partial charge in [-0.3, -0.25) is 9.36 Å². The molecule has 5 nitrogen and oxygen atoms in total. The Bertz CT molecular complexity index is 2090. The quantitative estimate of drug-likeness (QED) is 0.270. The molecule has 200 valence electrons. The van der Waals surface area contributed by atoms with Crippen molar-refractivity contribution in [3.8, 4) is 23.8 Å². The minimum atomic E-state index is -0.322. The number of hydrogen-bond acceptors (Lipinski definition) is 5. The van der Waals surface area contributed by atoms with Gasteiger partial charge in [-0.15, -0.1) is 6.42 Å². The first-order chi connectivity index (χ1) is 20.2. The van der Waals surface area contributed by atoms with Crippen LogP contribution in [0.15, 0.2) is 100 Å². The minimum Gasteiger partial charge on any atom is -0.496 e. The summed E-state index contributed by atoms with van der Waals surface area (Å²) in [4.78, 5) is 20.1. The zero-order chi connectivity index (χ0) is 27.9. The number of methoxy groups -OCH3 is 1. The number of hydrogen-bond donors (Lipinski definition) is 0. The van der Waals surface area contributed by atoms with Gasteiger partial charge < -0.3 is 9.47 Å². The predicted octanol–water partition coefficient (Wildman–Crippen LogP) is 5.49. The molecule has 2 aliphatic rings. The van der Waals surface area contributed by atoms with Gasteiger partial charge in [0.1, 0.15) is 18.1 Å². The Balaban J connectivity index is 1.52. The number of aromatic nitrogens is 1. The van der Waals surface area contributed by atoms with Crippen LogP contribution in [0.2, 0.25) is 0 Å². The zero-order valence-corrected chi connectivity index (χ0v) is 23.3. The number of benzene rings is 4. The third-order valence-corrected chi connectivity index (χ3v) is 8.81. The van der Waals surface area contributed by atoms with E-state index < -0.39 is 0 Å². The van der Waals surface area contributed by atoms with Gasteiger partial charge in [0.05, 0.1) is 23.4 Å². The first kappa shape index (κ1) is 25.1. The third-order valence-electron chi connectivity index (χ3n) is 7.82. The van der Waals surface area contributed by atoms with Crippen LogP contribution in [-0.2, 0) is 6.42 Å². The average molecular weight is 555 g/mol. The Morgan fingerprint density at radius 2 is 1.80 bits per heavy atom. The summed E-state index contributed by atoms with van der Waals surface area (Å²) in [6.45, 7) is 0.139. The lowest BCUT2D eigenvalue weighted by atomic mass is 9.83. The highest BCUT2D eigenvalue weighted by Gasteiger charge is 2.34. The van der Waals surface area contributed by atoms with Gasteiger partial charge in [-0.05, 0) is 53.0 Å². The molecule has 0 amide bonds. The molecule has 1 aliphatic heterocycles. The van der Waals surface area contributed by atoms with E-state index in [0.29, 0.717) is 15.1 Å². The Labute approximate surface area is 241 Å². The van der Waals surface area contributed by atoms with Crippen LogP contribution < -0.4 is 24.4 Å². The molecule has 7 rings (SSSR count). The number of allylic oxidation sites excluding steroid dienone is 1. The van der Waals surface area contributed by atoms with E-state index >= 15 is 0 Å². The molecule has 1 aromatic heterocycles. The second kappa shape index (κ2) is 10.3. The Kier molecular flexibility index (Phi) is 6.30. The third kappa shape index (κ3) is 4.18. The topological polar surface area (TPSA) is 52.8 Å². The molecule has 0 bridgehead atoms. The minimum absolute atomic E-state index is 0.0918. The van der Waals surface area contributed by atoms with Crippen molar-refractivity contribution in [2.45, 2.75) is 18.9 Å². The number of rotatable bonds is 5. The van der Waals surface area contributed by atoms with E-state index in [2.05, 4.69) is 30.2 Å². The Hall–Kier alpha value is -4.86. The first-order valence-electron chi connectivity index (χ1n) is 13.5. The van der Waals surface area contributed by atoms with E-state index in [0.717, 1.165) is 57.3 Å². The fourth-order valence-corrected chi connectivity index (χ4v) is 6.97. The summed E-state index contributed by atoms with van der Waals surface area (Å²) in [5.74, 6) is 3.94. The van der Waals surface area contributed by atoms with Crippen molar-refractivity contribution in [3.63, 3.8) is 0 Å². The van der Waals surface area contributed by atoms with Crippen LogP contribution in [0.3, 0.4) is 0 Å². The van der Waals surface area contributed by atoms with Crippen molar-refractivity contribution in [2.24, 2.45) is 4.99 Å². The molecule has 0 radical (unpaired) electrons. The van der Waals surface area contributed by atoms with Crippen molar-refractivity contribution in [1.82, 2.24) is 4.57 Å². The summed E-state index contributed by atoms with van der Waals surface area (Å²) < 4.78 is 14.2. The van der Waals surface area contributed by atoms with Crippen molar-refractivity contribution in [3.05, 3.63) is 132 Å². The number of nitrogens with zero attached hydrogens (tertiary/aromatic N) is 2. The maximum atomic E-state index is 14.3.